The minimum Gasteiger partial charge on any atom is -0.363 e. The Bertz CT molecular complexity index is 107. The molecule has 1 radical (unpaired) electrons. The maximum absolute atomic E-state index is 10.1. The third kappa shape index (κ3) is 8.11. The second kappa shape index (κ2) is 4.01. The molecule has 0 aliphatic heterocycles. The molecule has 0 aromatic heterocycles. The van der Waals surface area contributed by atoms with Gasteiger partial charge in [0.05, 0.1) is 6.61 Å². The first-order valence-corrected chi connectivity index (χ1v) is 4.34. The normalized spacial score (nSPS) is 11.9. The summed E-state index contributed by atoms with van der Waals surface area (Å²) in [5.41, 5.74) is 0. The highest BCUT2D eigenvalue weighted by Gasteiger charge is 2.11. The van der Waals surface area contributed by atoms with Crippen molar-refractivity contribution in [1.82, 2.24) is 0 Å². The van der Waals surface area contributed by atoms with Crippen LogP contribution in [0.5, 0.6) is 0 Å². The van der Waals surface area contributed by atoms with Crippen LogP contribution in [0, 0.1) is 6.61 Å². The Morgan fingerprint density at radius 3 is 2.56 bits per heavy atom. The van der Waals surface area contributed by atoms with E-state index < -0.39 is 13.9 Å². The minimum atomic E-state index is -3.95. The molecule has 0 rings (SSSR count). The summed E-state index contributed by atoms with van der Waals surface area (Å²) >= 11 is 0. The van der Waals surface area contributed by atoms with Crippen molar-refractivity contribution in [2.24, 2.45) is 0 Å². The number of ether oxygens (including phenoxy) is 1. The van der Waals surface area contributed by atoms with Gasteiger partial charge in [0.25, 0.3) is 0 Å². The molecule has 5 heteroatoms. The third-order valence-electron chi connectivity index (χ3n) is 0.527. The second-order valence-electron chi connectivity index (χ2n) is 1.54. The largest absolute Gasteiger partial charge is 0.363 e. The molecular weight excluding hydrogens is 143 g/mol. The second-order valence-corrected chi connectivity index (χ2v) is 3.12. The molecule has 55 valence electrons. The molecule has 0 aliphatic carbocycles. The smallest absolute Gasteiger partial charge is 0.350 e. The van der Waals surface area contributed by atoms with Crippen molar-refractivity contribution in [3.63, 3.8) is 0 Å². The van der Waals surface area contributed by atoms with Gasteiger partial charge >= 0.3 is 7.60 Å². The Labute approximate surface area is 54.0 Å². The molecule has 0 fully saturated rings. The van der Waals surface area contributed by atoms with Crippen LogP contribution in [0.1, 0.15) is 13.3 Å². The molecule has 4 nitrogen and oxygen atoms in total. The van der Waals surface area contributed by atoms with Crippen LogP contribution >= 0.6 is 7.60 Å². The lowest BCUT2D eigenvalue weighted by molar-refractivity contribution is 0.213. The van der Waals surface area contributed by atoms with Crippen molar-refractivity contribution in [1.29, 1.82) is 0 Å². The summed E-state index contributed by atoms with van der Waals surface area (Å²) in [6, 6.07) is 0. The van der Waals surface area contributed by atoms with Crippen molar-refractivity contribution in [2.75, 3.05) is 6.35 Å². The van der Waals surface area contributed by atoms with Gasteiger partial charge in [0, 0.05) is 0 Å². The highest BCUT2D eigenvalue weighted by atomic mass is 31.2. The molecule has 2 N–H and O–H groups in total. The molecule has 0 atom stereocenters. The van der Waals surface area contributed by atoms with E-state index in [4.69, 9.17) is 9.79 Å². The zero-order valence-corrected chi connectivity index (χ0v) is 6.04. The molecular formula is C4H10O4P. The zero-order valence-electron chi connectivity index (χ0n) is 5.15. The Morgan fingerprint density at radius 2 is 2.22 bits per heavy atom. The molecule has 0 aromatic rings. The van der Waals surface area contributed by atoms with Crippen LogP contribution in [0.2, 0.25) is 0 Å². The number of hydrogen-bond donors (Lipinski definition) is 2. The monoisotopic (exact) mass is 153 g/mol. The number of hydrogen-bond acceptors (Lipinski definition) is 2. The van der Waals surface area contributed by atoms with Crippen LogP contribution in [0.25, 0.3) is 0 Å². The van der Waals surface area contributed by atoms with Gasteiger partial charge in [-0.15, -0.1) is 0 Å². The fraction of sp³-hybridized carbons (Fsp3) is 0.750. The molecule has 0 saturated carbocycles. The summed E-state index contributed by atoms with van der Waals surface area (Å²) in [6.45, 7) is 3.18. The first-order chi connectivity index (χ1) is 4.06. The third-order valence-corrected chi connectivity index (χ3v) is 1.01. The molecule has 0 amide bonds. The van der Waals surface area contributed by atoms with Crippen LogP contribution in [-0.2, 0) is 9.30 Å². The Morgan fingerprint density at radius 1 is 1.67 bits per heavy atom. The maximum Gasteiger partial charge on any atom is 0.350 e. The molecule has 0 aliphatic rings. The topological polar surface area (TPSA) is 66.8 Å². The summed E-state index contributed by atoms with van der Waals surface area (Å²) in [5.74, 6) is 0. The number of rotatable bonds is 4. The maximum atomic E-state index is 10.1. The summed E-state index contributed by atoms with van der Waals surface area (Å²) < 4.78 is 14.5. The minimum absolute atomic E-state index is 0.513. The summed E-state index contributed by atoms with van der Waals surface area (Å²) in [4.78, 5) is 16.4. The fourth-order valence-electron chi connectivity index (χ4n) is 0.268. The van der Waals surface area contributed by atoms with E-state index in [-0.39, 0.29) is 0 Å². The Hall–Kier alpha value is 0.110. The van der Waals surface area contributed by atoms with Gasteiger partial charge in [-0.2, -0.15) is 0 Å². The average molecular weight is 153 g/mol. The van der Waals surface area contributed by atoms with Crippen LogP contribution in [0.3, 0.4) is 0 Å². The van der Waals surface area contributed by atoms with E-state index in [9.17, 15) is 4.57 Å². The Kier molecular flexibility index (Phi) is 4.06. The van der Waals surface area contributed by atoms with Crippen molar-refractivity contribution in [3.8, 4) is 0 Å². The van der Waals surface area contributed by atoms with Crippen molar-refractivity contribution >= 4 is 7.60 Å². The van der Waals surface area contributed by atoms with Gasteiger partial charge in [-0.25, -0.2) is 0 Å². The zero-order chi connectivity index (χ0) is 7.33. The van der Waals surface area contributed by atoms with Gasteiger partial charge in [-0.3, -0.25) is 4.57 Å². The lowest BCUT2D eigenvalue weighted by Gasteiger charge is -2.01. The van der Waals surface area contributed by atoms with Gasteiger partial charge in [-0.1, -0.05) is 6.92 Å². The first-order valence-electron chi connectivity index (χ1n) is 2.54. The quantitative estimate of drug-likeness (QED) is 0.461. The molecule has 0 saturated heterocycles. The highest BCUT2D eigenvalue weighted by molar-refractivity contribution is 7.51. The average Bonchev–Trinajstić information content (AvgIpc) is 1.63. The highest BCUT2D eigenvalue weighted by Crippen LogP contribution is 2.34. The van der Waals surface area contributed by atoms with E-state index in [0.29, 0.717) is 6.42 Å². The van der Waals surface area contributed by atoms with Crippen LogP contribution < -0.4 is 0 Å². The van der Waals surface area contributed by atoms with Gasteiger partial charge in [0.2, 0.25) is 0 Å². The van der Waals surface area contributed by atoms with E-state index in [1.54, 1.807) is 0 Å². The SMILES string of the molecule is CC[CH]OCP(=O)(O)O. The lowest BCUT2D eigenvalue weighted by atomic mass is 10.5. The summed E-state index contributed by atoms with van der Waals surface area (Å²) in [5, 5.41) is 0. The standard InChI is InChI=1S/C4H10O4P/c1-2-3-8-4-9(5,6)7/h3H,2,4H2,1H3,(H2,5,6,7). The summed E-state index contributed by atoms with van der Waals surface area (Å²) in [7, 11) is -3.95. The van der Waals surface area contributed by atoms with Crippen LogP contribution in [-0.4, -0.2) is 16.1 Å². The van der Waals surface area contributed by atoms with Gasteiger partial charge in [-0.05, 0) is 6.42 Å². The van der Waals surface area contributed by atoms with Gasteiger partial charge in [0.15, 0.2) is 0 Å². The lowest BCUT2D eigenvalue weighted by Crippen LogP contribution is -1.91. The van der Waals surface area contributed by atoms with E-state index in [0.717, 1.165) is 0 Å². The first kappa shape index (κ1) is 9.11. The predicted octanol–water partition coefficient (Wildman–Crippen LogP) is 0.710. The van der Waals surface area contributed by atoms with Gasteiger partial charge < -0.3 is 14.5 Å². The van der Waals surface area contributed by atoms with E-state index >= 15 is 0 Å². The summed E-state index contributed by atoms with van der Waals surface area (Å²) in [6.07, 6.45) is 0.140. The molecule has 9 heavy (non-hydrogen) atoms. The Balaban J connectivity index is 3.18. The predicted molar refractivity (Wildman–Crippen MR) is 32.6 cm³/mol. The van der Waals surface area contributed by atoms with Crippen LogP contribution in [0.4, 0.5) is 0 Å². The fourth-order valence-corrected chi connectivity index (χ4v) is 0.567. The molecule has 0 unspecified atom stereocenters. The van der Waals surface area contributed by atoms with E-state index in [1.165, 1.54) is 6.61 Å². The molecule has 0 spiro atoms. The van der Waals surface area contributed by atoms with E-state index in [1.807, 2.05) is 6.92 Å². The van der Waals surface area contributed by atoms with Crippen molar-refractivity contribution in [3.05, 3.63) is 6.61 Å². The van der Waals surface area contributed by atoms with Gasteiger partial charge in [0.1, 0.15) is 6.35 Å². The molecule has 0 heterocycles. The molecule has 0 bridgehead atoms. The van der Waals surface area contributed by atoms with E-state index in [2.05, 4.69) is 4.74 Å². The van der Waals surface area contributed by atoms with Crippen molar-refractivity contribution < 1.29 is 19.1 Å². The van der Waals surface area contributed by atoms with Crippen LogP contribution in [0.15, 0.2) is 0 Å². The van der Waals surface area contributed by atoms with Crippen molar-refractivity contribution in [2.45, 2.75) is 13.3 Å². The molecule has 0 aromatic carbocycles.